The van der Waals surface area contributed by atoms with Crippen LogP contribution >= 0.6 is 27.5 Å². The third kappa shape index (κ3) is 3.19. The molecule has 2 aromatic carbocycles. The Labute approximate surface area is 134 Å². The molecule has 3 nitrogen and oxygen atoms in total. The Kier molecular flexibility index (Phi) is 4.54. The molecule has 0 spiro atoms. The molecule has 0 aliphatic heterocycles. The lowest BCUT2D eigenvalue weighted by Crippen LogP contribution is -2.01. The average molecular weight is 374 g/mol. The molecule has 0 saturated carbocycles. The van der Waals surface area contributed by atoms with Gasteiger partial charge in [-0.2, -0.15) is 0 Å². The zero-order valence-electron chi connectivity index (χ0n) is 11.2. The number of hydrogen-bond donors (Lipinski definition) is 1. The predicted molar refractivity (Wildman–Crippen MR) is 82.1 cm³/mol. The van der Waals surface area contributed by atoms with Crippen molar-refractivity contribution in [1.29, 1.82) is 0 Å². The Hall–Kier alpha value is -1.59. The molecule has 0 aromatic heterocycles. The fraction of sp³-hybridized carbons (Fsp3) is 0.133. The van der Waals surface area contributed by atoms with Gasteiger partial charge in [0.2, 0.25) is 0 Å². The van der Waals surface area contributed by atoms with Crippen molar-refractivity contribution < 1.29 is 19.0 Å². The quantitative estimate of drug-likeness (QED) is 0.789. The molecule has 0 aliphatic carbocycles. The highest BCUT2D eigenvalue weighted by molar-refractivity contribution is 9.10. The molecule has 6 heteroatoms. The summed E-state index contributed by atoms with van der Waals surface area (Å²) in [7, 11) is 0. The maximum atomic E-state index is 14.2. The molecule has 0 atom stereocenters. The van der Waals surface area contributed by atoms with E-state index in [2.05, 4.69) is 15.9 Å². The van der Waals surface area contributed by atoms with Crippen molar-refractivity contribution in [2.45, 2.75) is 13.8 Å². The number of ether oxygens (including phenoxy) is 1. The van der Waals surface area contributed by atoms with Gasteiger partial charge in [-0.15, -0.1) is 0 Å². The van der Waals surface area contributed by atoms with Gasteiger partial charge >= 0.3 is 5.97 Å². The number of rotatable bonds is 3. The van der Waals surface area contributed by atoms with Gasteiger partial charge in [-0.05, 0) is 65.2 Å². The van der Waals surface area contributed by atoms with Crippen LogP contribution in [0.4, 0.5) is 4.39 Å². The lowest BCUT2D eigenvalue weighted by atomic mass is 10.1. The second-order valence-electron chi connectivity index (χ2n) is 4.52. The first-order valence-corrected chi connectivity index (χ1v) is 7.14. The van der Waals surface area contributed by atoms with Gasteiger partial charge in [0.25, 0.3) is 0 Å². The SMILES string of the molecule is Cc1cc(Cl)cc(C)c1Oc1ccc(C(=O)O)c(Br)c1F. The zero-order valence-corrected chi connectivity index (χ0v) is 13.5. The number of halogens is 3. The standard InChI is InChI=1S/C15H11BrClFO3/c1-7-5-9(17)6-8(2)14(7)21-11-4-3-10(15(19)20)12(16)13(11)18/h3-6H,1-2H3,(H,19,20). The van der Waals surface area contributed by atoms with Crippen molar-refractivity contribution in [2.24, 2.45) is 0 Å². The number of carbonyl (C=O) groups is 1. The van der Waals surface area contributed by atoms with Crippen molar-refractivity contribution in [3.05, 3.63) is 56.3 Å². The van der Waals surface area contributed by atoms with Gasteiger partial charge in [0, 0.05) is 5.02 Å². The Morgan fingerprint density at radius 3 is 2.38 bits per heavy atom. The molecule has 21 heavy (non-hydrogen) atoms. The van der Waals surface area contributed by atoms with Gasteiger partial charge in [-0.3, -0.25) is 0 Å². The summed E-state index contributed by atoms with van der Waals surface area (Å²) in [5.41, 5.74) is 1.36. The van der Waals surface area contributed by atoms with Gasteiger partial charge in [0.15, 0.2) is 11.6 Å². The van der Waals surface area contributed by atoms with Crippen molar-refractivity contribution in [2.75, 3.05) is 0 Å². The molecule has 0 bridgehead atoms. The minimum Gasteiger partial charge on any atom is -0.478 e. The van der Waals surface area contributed by atoms with Crippen LogP contribution in [0.5, 0.6) is 11.5 Å². The fourth-order valence-electron chi connectivity index (χ4n) is 1.94. The summed E-state index contributed by atoms with van der Waals surface area (Å²) in [5.74, 6) is -1.54. The van der Waals surface area contributed by atoms with Crippen LogP contribution in [-0.4, -0.2) is 11.1 Å². The first-order valence-electron chi connectivity index (χ1n) is 5.97. The highest BCUT2D eigenvalue weighted by Crippen LogP contribution is 2.35. The molecular formula is C15H11BrClFO3. The predicted octanol–water partition coefficient (Wildman–Crippen LogP) is 5.35. The maximum Gasteiger partial charge on any atom is 0.336 e. The lowest BCUT2D eigenvalue weighted by Gasteiger charge is -2.14. The number of aryl methyl sites for hydroxylation is 2. The van der Waals surface area contributed by atoms with E-state index in [0.29, 0.717) is 10.8 Å². The molecule has 0 unspecified atom stereocenters. The van der Waals surface area contributed by atoms with Crippen LogP contribution in [0.25, 0.3) is 0 Å². The zero-order chi connectivity index (χ0) is 15.7. The van der Waals surface area contributed by atoms with E-state index in [1.807, 2.05) is 0 Å². The van der Waals surface area contributed by atoms with E-state index in [-0.39, 0.29) is 15.8 Å². The van der Waals surface area contributed by atoms with Crippen LogP contribution in [0.3, 0.4) is 0 Å². The summed E-state index contributed by atoms with van der Waals surface area (Å²) in [6.45, 7) is 3.60. The molecule has 0 heterocycles. The molecular weight excluding hydrogens is 363 g/mol. The molecule has 1 N–H and O–H groups in total. The van der Waals surface area contributed by atoms with E-state index in [9.17, 15) is 9.18 Å². The van der Waals surface area contributed by atoms with Gasteiger partial charge in [0.1, 0.15) is 5.75 Å². The maximum absolute atomic E-state index is 14.2. The molecule has 0 aliphatic rings. The fourth-order valence-corrected chi connectivity index (χ4v) is 2.77. The van der Waals surface area contributed by atoms with Crippen LogP contribution in [-0.2, 0) is 0 Å². The molecule has 0 radical (unpaired) electrons. The molecule has 110 valence electrons. The summed E-state index contributed by atoms with van der Waals surface area (Å²) in [5, 5.41) is 9.51. The van der Waals surface area contributed by atoms with E-state index in [0.717, 1.165) is 11.1 Å². The monoisotopic (exact) mass is 372 g/mol. The third-order valence-electron chi connectivity index (χ3n) is 2.91. The van der Waals surface area contributed by atoms with E-state index in [4.69, 9.17) is 21.4 Å². The molecule has 2 aromatic rings. The van der Waals surface area contributed by atoms with Crippen LogP contribution in [0, 0.1) is 19.7 Å². The number of hydrogen-bond acceptors (Lipinski definition) is 2. The van der Waals surface area contributed by atoms with Crippen molar-refractivity contribution in [3.8, 4) is 11.5 Å². The number of benzene rings is 2. The summed E-state index contributed by atoms with van der Waals surface area (Å²) in [4.78, 5) is 10.9. The van der Waals surface area contributed by atoms with E-state index in [1.54, 1.807) is 26.0 Å². The normalized spacial score (nSPS) is 10.5. The molecule has 0 saturated heterocycles. The van der Waals surface area contributed by atoms with Crippen molar-refractivity contribution in [3.63, 3.8) is 0 Å². The smallest absolute Gasteiger partial charge is 0.336 e. The van der Waals surface area contributed by atoms with Crippen LogP contribution < -0.4 is 4.74 Å². The summed E-state index contributed by atoms with van der Waals surface area (Å²) in [6.07, 6.45) is 0. The van der Waals surface area contributed by atoms with Gasteiger partial charge in [-0.25, -0.2) is 9.18 Å². The van der Waals surface area contributed by atoms with E-state index in [1.165, 1.54) is 12.1 Å². The minimum atomic E-state index is -1.22. The number of carboxylic acids is 1. The van der Waals surface area contributed by atoms with Crippen LogP contribution in [0.2, 0.25) is 5.02 Å². The second-order valence-corrected chi connectivity index (χ2v) is 5.74. The van der Waals surface area contributed by atoms with Crippen molar-refractivity contribution >= 4 is 33.5 Å². The summed E-state index contributed by atoms with van der Waals surface area (Å²) >= 11 is 8.87. The number of carboxylic acid groups (broad SMARTS) is 1. The van der Waals surface area contributed by atoms with Crippen LogP contribution in [0.1, 0.15) is 21.5 Å². The summed E-state index contributed by atoms with van der Waals surface area (Å²) in [6, 6.07) is 5.99. The van der Waals surface area contributed by atoms with Crippen LogP contribution in [0.15, 0.2) is 28.7 Å². The van der Waals surface area contributed by atoms with E-state index < -0.39 is 11.8 Å². The second kappa shape index (κ2) is 6.03. The van der Waals surface area contributed by atoms with Crippen molar-refractivity contribution in [1.82, 2.24) is 0 Å². The first kappa shape index (κ1) is 15.8. The number of aromatic carboxylic acids is 1. The van der Waals surface area contributed by atoms with Gasteiger partial charge < -0.3 is 9.84 Å². The van der Waals surface area contributed by atoms with Gasteiger partial charge in [0.05, 0.1) is 10.0 Å². The average Bonchev–Trinajstić information content (AvgIpc) is 2.38. The largest absolute Gasteiger partial charge is 0.478 e. The van der Waals surface area contributed by atoms with Gasteiger partial charge in [-0.1, -0.05) is 11.6 Å². The first-order chi connectivity index (χ1) is 9.81. The highest BCUT2D eigenvalue weighted by atomic mass is 79.9. The third-order valence-corrected chi connectivity index (χ3v) is 3.91. The topological polar surface area (TPSA) is 46.5 Å². The minimum absolute atomic E-state index is 0.0552. The molecule has 0 amide bonds. The summed E-state index contributed by atoms with van der Waals surface area (Å²) < 4.78 is 19.6. The molecule has 0 fully saturated rings. The Balaban J connectivity index is 2.46. The molecule has 2 rings (SSSR count). The highest BCUT2D eigenvalue weighted by Gasteiger charge is 2.18. The van der Waals surface area contributed by atoms with E-state index >= 15 is 0 Å². The Morgan fingerprint density at radius 1 is 1.29 bits per heavy atom. The Bertz CT molecular complexity index is 708. The Morgan fingerprint density at radius 2 is 1.86 bits per heavy atom. The lowest BCUT2D eigenvalue weighted by molar-refractivity contribution is 0.0695.